The molecule has 2 N–H and O–H groups in total. The zero-order valence-electron chi connectivity index (χ0n) is 13.4. The van der Waals surface area contributed by atoms with Crippen LogP contribution in [0.2, 0.25) is 0 Å². The van der Waals surface area contributed by atoms with E-state index in [2.05, 4.69) is 59.2 Å². The molecule has 1 heterocycles. The van der Waals surface area contributed by atoms with Crippen molar-refractivity contribution in [1.29, 1.82) is 0 Å². The quantitative estimate of drug-likeness (QED) is 0.861. The second kappa shape index (κ2) is 7.93. The third-order valence-corrected chi connectivity index (χ3v) is 4.50. The molecule has 2 aromatic carbocycles. The first-order valence-corrected chi connectivity index (χ1v) is 8.43. The van der Waals surface area contributed by atoms with Gasteiger partial charge in [-0.15, -0.1) is 0 Å². The molecule has 0 radical (unpaired) electrons. The first-order chi connectivity index (χ1) is 11.3. The molecule has 1 aliphatic rings. The van der Waals surface area contributed by atoms with E-state index in [0.29, 0.717) is 12.5 Å². The van der Waals surface area contributed by atoms with Gasteiger partial charge in [-0.25, -0.2) is 0 Å². The second-order valence-corrected chi connectivity index (χ2v) is 6.19. The summed E-state index contributed by atoms with van der Waals surface area (Å²) in [6, 6.07) is 20.9. The Balaban J connectivity index is 1.66. The summed E-state index contributed by atoms with van der Waals surface area (Å²) in [5, 5.41) is 6.40. The Kier molecular flexibility index (Phi) is 5.43. The zero-order chi connectivity index (χ0) is 15.9. The molecule has 1 amide bonds. The molecular weight excluding hydrogens is 284 g/mol. The molecule has 1 saturated heterocycles. The first-order valence-electron chi connectivity index (χ1n) is 8.43. The lowest BCUT2D eigenvalue weighted by molar-refractivity contribution is -0.122. The molecule has 120 valence electrons. The lowest BCUT2D eigenvalue weighted by atomic mass is 9.92. The normalized spacial score (nSPS) is 18.5. The van der Waals surface area contributed by atoms with Gasteiger partial charge in [0.25, 0.3) is 0 Å². The molecule has 0 aliphatic carbocycles. The van der Waals surface area contributed by atoms with Crippen LogP contribution in [0.4, 0.5) is 0 Å². The summed E-state index contributed by atoms with van der Waals surface area (Å²) in [6.45, 7) is 1.63. The summed E-state index contributed by atoms with van der Waals surface area (Å²) < 4.78 is 0. The van der Waals surface area contributed by atoms with Gasteiger partial charge in [0.1, 0.15) is 0 Å². The van der Waals surface area contributed by atoms with Crippen molar-refractivity contribution in [3.63, 3.8) is 0 Å². The molecule has 0 bridgehead atoms. The number of rotatable bonds is 6. The van der Waals surface area contributed by atoms with Crippen LogP contribution >= 0.6 is 0 Å². The van der Waals surface area contributed by atoms with Crippen LogP contribution in [0.3, 0.4) is 0 Å². The number of carbonyl (C=O) groups is 1. The third-order valence-electron chi connectivity index (χ3n) is 4.50. The van der Waals surface area contributed by atoms with Crippen molar-refractivity contribution in [2.75, 3.05) is 13.1 Å². The molecular formula is C20H24N2O. The van der Waals surface area contributed by atoms with Gasteiger partial charge in [-0.3, -0.25) is 4.79 Å². The van der Waals surface area contributed by atoms with Crippen molar-refractivity contribution in [3.8, 4) is 0 Å². The lowest BCUT2D eigenvalue weighted by Crippen LogP contribution is -2.42. The minimum absolute atomic E-state index is 0.0110. The smallest absolute Gasteiger partial charge is 0.237 e. The zero-order valence-corrected chi connectivity index (χ0v) is 13.4. The SMILES string of the molecule is O=C(NCC(Cc1ccccc1)c1ccccc1)C1CCCN1. The Hall–Kier alpha value is -2.13. The molecule has 1 fully saturated rings. The third kappa shape index (κ3) is 4.42. The molecule has 0 spiro atoms. The fourth-order valence-electron chi connectivity index (χ4n) is 3.19. The van der Waals surface area contributed by atoms with Gasteiger partial charge >= 0.3 is 0 Å². The monoisotopic (exact) mass is 308 g/mol. The van der Waals surface area contributed by atoms with E-state index in [0.717, 1.165) is 25.8 Å². The van der Waals surface area contributed by atoms with E-state index in [1.807, 2.05) is 12.1 Å². The molecule has 2 aromatic rings. The largest absolute Gasteiger partial charge is 0.354 e. The number of carbonyl (C=O) groups excluding carboxylic acids is 1. The van der Waals surface area contributed by atoms with Crippen LogP contribution in [0.25, 0.3) is 0 Å². The second-order valence-electron chi connectivity index (χ2n) is 6.19. The maximum absolute atomic E-state index is 12.3. The minimum atomic E-state index is -0.0110. The van der Waals surface area contributed by atoms with Crippen LogP contribution in [-0.4, -0.2) is 25.0 Å². The standard InChI is InChI=1S/C20H24N2O/c23-20(19-12-7-13-21-19)22-15-18(17-10-5-2-6-11-17)14-16-8-3-1-4-9-16/h1-6,8-11,18-19,21H,7,12-15H2,(H,22,23). The lowest BCUT2D eigenvalue weighted by Gasteiger charge is -2.20. The van der Waals surface area contributed by atoms with Crippen molar-refractivity contribution in [2.45, 2.75) is 31.2 Å². The Labute approximate surface area is 138 Å². The Morgan fingerprint density at radius 3 is 2.43 bits per heavy atom. The van der Waals surface area contributed by atoms with E-state index in [1.54, 1.807) is 0 Å². The van der Waals surface area contributed by atoms with E-state index < -0.39 is 0 Å². The Morgan fingerprint density at radius 2 is 1.78 bits per heavy atom. The molecule has 2 atom stereocenters. The predicted octanol–water partition coefficient (Wildman–Crippen LogP) is 2.88. The van der Waals surface area contributed by atoms with Crippen LogP contribution < -0.4 is 10.6 Å². The van der Waals surface area contributed by atoms with Crippen LogP contribution in [0, 0.1) is 0 Å². The van der Waals surface area contributed by atoms with E-state index in [4.69, 9.17) is 0 Å². The van der Waals surface area contributed by atoms with Gasteiger partial charge in [-0.05, 0) is 36.9 Å². The molecule has 3 rings (SSSR count). The summed E-state index contributed by atoms with van der Waals surface area (Å²) in [5.74, 6) is 0.431. The summed E-state index contributed by atoms with van der Waals surface area (Å²) >= 11 is 0. The fraction of sp³-hybridized carbons (Fsp3) is 0.350. The molecule has 3 nitrogen and oxygen atoms in total. The highest BCUT2D eigenvalue weighted by atomic mass is 16.2. The maximum atomic E-state index is 12.3. The predicted molar refractivity (Wildman–Crippen MR) is 93.4 cm³/mol. The number of hydrogen-bond acceptors (Lipinski definition) is 2. The van der Waals surface area contributed by atoms with Crippen molar-refractivity contribution < 1.29 is 4.79 Å². The highest BCUT2D eigenvalue weighted by Gasteiger charge is 2.22. The molecule has 23 heavy (non-hydrogen) atoms. The van der Waals surface area contributed by atoms with Gasteiger partial charge in [0.2, 0.25) is 5.91 Å². The van der Waals surface area contributed by atoms with Gasteiger partial charge < -0.3 is 10.6 Å². The van der Waals surface area contributed by atoms with Crippen molar-refractivity contribution in [3.05, 3.63) is 71.8 Å². The fourth-order valence-corrected chi connectivity index (χ4v) is 3.19. The Morgan fingerprint density at radius 1 is 1.09 bits per heavy atom. The van der Waals surface area contributed by atoms with Gasteiger partial charge in [0.15, 0.2) is 0 Å². The highest BCUT2D eigenvalue weighted by Crippen LogP contribution is 2.20. The average Bonchev–Trinajstić information content (AvgIpc) is 3.15. The Bertz CT molecular complexity index is 606. The van der Waals surface area contributed by atoms with E-state index >= 15 is 0 Å². The van der Waals surface area contributed by atoms with Crippen LogP contribution in [-0.2, 0) is 11.2 Å². The highest BCUT2D eigenvalue weighted by molar-refractivity contribution is 5.82. The summed E-state index contributed by atoms with van der Waals surface area (Å²) in [7, 11) is 0. The van der Waals surface area contributed by atoms with Gasteiger partial charge in [-0.1, -0.05) is 60.7 Å². The number of hydrogen-bond donors (Lipinski definition) is 2. The number of benzene rings is 2. The maximum Gasteiger partial charge on any atom is 0.237 e. The van der Waals surface area contributed by atoms with Crippen LogP contribution in [0.15, 0.2) is 60.7 Å². The molecule has 0 aromatic heterocycles. The van der Waals surface area contributed by atoms with Crippen molar-refractivity contribution >= 4 is 5.91 Å². The van der Waals surface area contributed by atoms with Crippen molar-refractivity contribution in [2.24, 2.45) is 0 Å². The summed E-state index contributed by atoms with van der Waals surface area (Å²) in [5.41, 5.74) is 2.57. The minimum Gasteiger partial charge on any atom is -0.354 e. The molecule has 0 saturated carbocycles. The van der Waals surface area contributed by atoms with Crippen LogP contribution in [0.5, 0.6) is 0 Å². The van der Waals surface area contributed by atoms with Crippen LogP contribution in [0.1, 0.15) is 29.9 Å². The van der Waals surface area contributed by atoms with Gasteiger partial charge in [-0.2, -0.15) is 0 Å². The molecule has 1 aliphatic heterocycles. The summed E-state index contributed by atoms with van der Waals surface area (Å²) in [4.78, 5) is 12.3. The van der Waals surface area contributed by atoms with E-state index in [1.165, 1.54) is 11.1 Å². The van der Waals surface area contributed by atoms with E-state index in [-0.39, 0.29) is 11.9 Å². The molecule has 3 heteroatoms. The summed E-state index contributed by atoms with van der Waals surface area (Å²) in [6.07, 6.45) is 2.97. The number of nitrogens with one attached hydrogen (secondary N) is 2. The molecule has 2 unspecified atom stereocenters. The van der Waals surface area contributed by atoms with Gasteiger partial charge in [0, 0.05) is 12.5 Å². The topological polar surface area (TPSA) is 41.1 Å². The average molecular weight is 308 g/mol. The van der Waals surface area contributed by atoms with Crippen molar-refractivity contribution in [1.82, 2.24) is 10.6 Å². The first kappa shape index (κ1) is 15.8. The number of amides is 1. The van der Waals surface area contributed by atoms with Gasteiger partial charge in [0.05, 0.1) is 6.04 Å². The van der Waals surface area contributed by atoms with E-state index in [9.17, 15) is 4.79 Å².